The van der Waals surface area contributed by atoms with Crippen molar-refractivity contribution >= 4 is 57.5 Å². The molecule has 1 amide bonds. The van der Waals surface area contributed by atoms with Crippen molar-refractivity contribution < 1.29 is 4.79 Å². The molecule has 4 aromatic rings. The lowest BCUT2D eigenvalue weighted by Crippen LogP contribution is -2.25. The van der Waals surface area contributed by atoms with Crippen LogP contribution in [0.3, 0.4) is 0 Å². The number of nitrogens with one attached hydrogen (secondary N) is 1. The fourth-order valence-electron chi connectivity index (χ4n) is 2.99. The Balaban J connectivity index is 1.61. The largest absolute Gasteiger partial charge is 0.324 e. The van der Waals surface area contributed by atoms with E-state index in [4.69, 9.17) is 23.2 Å². The van der Waals surface area contributed by atoms with Crippen molar-refractivity contribution in [2.45, 2.75) is 11.7 Å². The highest BCUT2D eigenvalue weighted by atomic mass is 35.5. The smallest absolute Gasteiger partial charge is 0.262 e. The minimum atomic E-state index is -0.287. The quantitative estimate of drug-likeness (QED) is 0.321. The minimum Gasteiger partial charge on any atom is -0.324 e. The average Bonchev–Trinajstić information content (AvgIpc) is 2.78. The lowest BCUT2D eigenvalue weighted by atomic mass is 10.2. The van der Waals surface area contributed by atoms with Crippen molar-refractivity contribution in [1.29, 1.82) is 0 Å². The number of rotatable bonds is 6. The topological polar surface area (TPSA) is 76.9 Å². The van der Waals surface area contributed by atoms with Crippen LogP contribution in [-0.2, 0) is 11.3 Å². The van der Waals surface area contributed by atoms with E-state index >= 15 is 0 Å². The maximum atomic E-state index is 13.1. The molecule has 0 bridgehead atoms. The highest BCUT2D eigenvalue weighted by Gasteiger charge is 2.15. The van der Waals surface area contributed by atoms with Gasteiger partial charge >= 0.3 is 0 Å². The first kappa shape index (κ1) is 21.4. The second-order valence-electron chi connectivity index (χ2n) is 6.60. The van der Waals surface area contributed by atoms with Crippen LogP contribution in [0.25, 0.3) is 10.9 Å². The molecule has 0 aliphatic heterocycles. The molecular weight excluding hydrogens is 455 g/mol. The molecule has 2 heterocycles. The summed E-state index contributed by atoms with van der Waals surface area (Å²) >= 11 is 13.3. The van der Waals surface area contributed by atoms with Gasteiger partial charge in [-0.3, -0.25) is 19.1 Å². The van der Waals surface area contributed by atoms with Crippen LogP contribution in [-0.4, -0.2) is 26.2 Å². The van der Waals surface area contributed by atoms with Gasteiger partial charge in [0.25, 0.3) is 5.56 Å². The second-order valence-corrected chi connectivity index (χ2v) is 8.33. The fourth-order valence-corrected chi connectivity index (χ4v) is 4.13. The van der Waals surface area contributed by atoms with E-state index in [0.717, 1.165) is 5.56 Å². The predicted molar refractivity (Wildman–Crippen MR) is 125 cm³/mol. The molecule has 4 rings (SSSR count). The number of amides is 1. The summed E-state index contributed by atoms with van der Waals surface area (Å²) in [6, 6.07) is 15.9. The summed E-state index contributed by atoms with van der Waals surface area (Å²) in [7, 11) is 0. The number of anilines is 1. The number of benzene rings is 2. The van der Waals surface area contributed by atoms with Gasteiger partial charge in [0.2, 0.25) is 5.91 Å². The van der Waals surface area contributed by atoms with Crippen LogP contribution in [0.5, 0.6) is 0 Å². The number of carbonyl (C=O) groups excluding carboxylic acids is 1. The Hall–Kier alpha value is -2.87. The zero-order chi connectivity index (χ0) is 21.8. The van der Waals surface area contributed by atoms with E-state index in [2.05, 4.69) is 15.3 Å². The van der Waals surface area contributed by atoms with Gasteiger partial charge in [-0.15, -0.1) is 0 Å². The van der Waals surface area contributed by atoms with E-state index in [1.54, 1.807) is 53.4 Å². The van der Waals surface area contributed by atoms with Crippen molar-refractivity contribution in [1.82, 2.24) is 14.5 Å². The molecule has 0 unspecified atom stereocenters. The molecule has 0 aliphatic carbocycles. The number of hydrogen-bond acceptors (Lipinski definition) is 5. The molecule has 0 saturated carbocycles. The van der Waals surface area contributed by atoms with Crippen LogP contribution in [0.1, 0.15) is 5.56 Å². The molecule has 0 radical (unpaired) electrons. The summed E-state index contributed by atoms with van der Waals surface area (Å²) in [6.45, 7) is 0.300. The molecule has 156 valence electrons. The molecule has 9 heteroatoms. The third-order valence-electron chi connectivity index (χ3n) is 4.45. The summed E-state index contributed by atoms with van der Waals surface area (Å²) in [5.41, 5.74) is 1.70. The monoisotopic (exact) mass is 470 g/mol. The molecule has 0 saturated heterocycles. The Kier molecular flexibility index (Phi) is 6.56. The Bertz CT molecular complexity index is 1310. The van der Waals surface area contributed by atoms with Crippen LogP contribution >= 0.6 is 35.0 Å². The van der Waals surface area contributed by atoms with Crippen molar-refractivity contribution in [3.63, 3.8) is 0 Å². The lowest BCUT2D eigenvalue weighted by molar-refractivity contribution is -0.113. The first-order chi connectivity index (χ1) is 15.0. The molecule has 1 N–H and O–H groups in total. The molecule has 31 heavy (non-hydrogen) atoms. The van der Waals surface area contributed by atoms with Gasteiger partial charge in [0.1, 0.15) is 0 Å². The number of thioether (sulfide) groups is 1. The summed E-state index contributed by atoms with van der Waals surface area (Å²) in [6.07, 6.45) is 3.37. The first-order valence-electron chi connectivity index (χ1n) is 9.28. The van der Waals surface area contributed by atoms with Crippen molar-refractivity contribution in [3.05, 3.63) is 93.0 Å². The standard InChI is InChI=1S/C22H16Cl2N4O2S/c23-16-7-3-9-18(20(16)24)26-19(29)13-31-22-27-17-8-2-1-6-15(17)21(30)28(22)12-14-5-4-10-25-11-14/h1-11H,12-13H2,(H,26,29). The maximum absolute atomic E-state index is 13.1. The van der Waals surface area contributed by atoms with Crippen molar-refractivity contribution in [2.75, 3.05) is 11.1 Å². The zero-order valence-corrected chi connectivity index (χ0v) is 18.4. The number of nitrogens with zero attached hydrogens (tertiary/aromatic N) is 3. The number of carbonyl (C=O) groups is 1. The molecule has 0 spiro atoms. The summed E-state index contributed by atoms with van der Waals surface area (Å²) in [5.74, 6) is -0.245. The molecule has 2 aromatic carbocycles. The average molecular weight is 471 g/mol. The number of pyridine rings is 1. The summed E-state index contributed by atoms with van der Waals surface area (Å²) in [4.78, 5) is 34.4. The van der Waals surface area contributed by atoms with E-state index in [0.29, 0.717) is 33.3 Å². The second kappa shape index (κ2) is 9.51. The summed E-state index contributed by atoms with van der Waals surface area (Å²) < 4.78 is 1.56. The Morgan fingerprint density at radius 1 is 1.06 bits per heavy atom. The molecule has 0 atom stereocenters. The molecule has 2 aromatic heterocycles. The molecule has 0 aliphatic rings. The zero-order valence-electron chi connectivity index (χ0n) is 16.1. The van der Waals surface area contributed by atoms with Crippen LogP contribution in [0, 0.1) is 0 Å². The van der Waals surface area contributed by atoms with Crippen LogP contribution in [0.2, 0.25) is 10.0 Å². The molecular formula is C22H16Cl2N4O2S. The Morgan fingerprint density at radius 3 is 2.71 bits per heavy atom. The Morgan fingerprint density at radius 2 is 1.90 bits per heavy atom. The van der Waals surface area contributed by atoms with Crippen LogP contribution < -0.4 is 10.9 Å². The van der Waals surface area contributed by atoms with Gasteiger partial charge < -0.3 is 5.32 Å². The highest BCUT2D eigenvalue weighted by molar-refractivity contribution is 7.99. The molecule has 0 fully saturated rings. The third-order valence-corrected chi connectivity index (χ3v) is 6.24. The van der Waals surface area contributed by atoms with Crippen molar-refractivity contribution in [2.24, 2.45) is 0 Å². The number of halogens is 2. The normalized spacial score (nSPS) is 10.9. The SMILES string of the molecule is O=C(CSc1nc2ccccc2c(=O)n1Cc1cccnc1)Nc1cccc(Cl)c1Cl. The van der Waals surface area contributed by atoms with Crippen LogP contribution in [0.4, 0.5) is 5.69 Å². The number of para-hydroxylation sites is 1. The first-order valence-corrected chi connectivity index (χ1v) is 11.0. The maximum Gasteiger partial charge on any atom is 0.262 e. The van der Waals surface area contributed by atoms with Gasteiger partial charge in [-0.1, -0.05) is 59.2 Å². The predicted octanol–water partition coefficient (Wildman–Crippen LogP) is 4.88. The fraction of sp³-hybridized carbons (Fsp3) is 0.0909. The van der Waals surface area contributed by atoms with Crippen molar-refractivity contribution in [3.8, 4) is 0 Å². The number of aromatic nitrogens is 3. The van der Waals surface area contributed by atoms with E-state index in [1.807, 2.05) is 18.2 Å². The van der Waals surface area contributed by atoms with E-state index in [-0.39, 0.29) is 22.2 Å². The van der Waals surface area contributed by atoms with E-state index in [1.165, 1.54) is 11.8 Å². The minimum absolute atomic E-state index is 0.0423. The van der Waals surface area contributed by atoms with Gasteiger partial charge in [-0.05, 0) is 35.9 Å². The van der Waals surface area contributed by atoms with Gasteiger partial charge in [-0.2, -0.15) is 0 Å². The highest BCUT2D eigenvalue weighted by Crippen LogP contribution is 2.29. The van der Waals surface area contributed by atoms with Gasteiger partial charge in [0.05, 0.1) is 38.9 Å². The van der Waals surface area contributed by atoms with E-state index in [9.17, 15) is 9.59 Å². The van der Waals surface area contributed by atoms with Gasteiger partial charge in [0.15, 0.2) is 5.16 Å². The lowest BCUT2D eigenvalue weighted by Gasteiger charge is -2.13. The Labute approximate surface area is 192 Å². The van der Waals surface area contributed by atoms with Gasteiger partial charge in [-0.25, -0.2) is 4.98 Å². The number of fused-ring (bicyclic) bond motifs is 1. The van der Waals surface area contributed by atoms with Crippen LogP contribution in [0.15, 0.2) is 76.9 Å². The van der Waals surface area contributed by atoms with E-state index < -0.39 is 0 Å². The number of hydrogen-bond donors (Lipinski definition) is 1. The molecule has 6 nitrogen and oxygen atoms in total. The third kappa shape index (κ3) is 4.90. The van der Waals surface area contributed by atoms with Gasteiger partial charge in [0, 0.05) is 12.4 Å². The summed E-state index contributed by atoms with van der Waals surface area (Å²) in [5, 5.41) is 4.34.